The summed E-state index contributed by atoms with van der Waals surface area (Å²) in [4.78, 5) is 55.7. The van der Waals surface area contributed by atoms with Gasteiger partial charge in [0.1, 0.15) is 12.5 Å². The third-order valence-electron chi connectivity index (χ3n) is 14.5. The average Bonchev–Trinajstić information content (AvgIpc) is 3.70. The number of amides is 4. The van der Waals surface area contributed by atoms with E-state index in [1.54, 1.807) is 9.80 Å². The average molecular weight is 521 g/mol. The van der Waals surface area contributed by atoms with Gasteiger partial charge in [0, 0.05) is 36.5 Å². The fourth-order valence-corrected chi connectivity index (χ4v) is 14.2. The SMILES string of the molecule is C[C@@]12[C@H]3[C@@H]4[C@@H]5[C@H]6[C@@H]7[C@@H](CC[C@@H]7O[C@@H](N7C(=O)CCC7=O)[C@]6(C)[C@@H]4[C@@H]4CC[C@H](O[C@@H]1N1C(=O)CCC1=O)[C@@H]43)[C@H]52. The molecule has 0 unspecified atom stereocenters. The molecule has 38 heavy (non-hydrogen) atoms. The maximum Gasteiger partial charge on any atom is 0.231 e. The molecule has 6 aliphatic carbocycles. The summed E-state index contributed by atoms with van der Waals surface area (Å²) in [6, 6.07) is 0. The van der Waals surface area contributed by atoms with Gasteiger partial charge in [-0.3, -0.25) is 29.0 Å². The first-order valence-electron chi connectivity index (χ1n) is 15.3. The van der Waals surface area contributed by atoms with Crippen molar-refractivity contribution in [1.29, 1.82) is 0 Å². The Bertz CT molecular complexity index is 1120. The number of hydrogen-bond donors (Lipinski definition) is 0. The lowest BCUT2D eigenvalue weighted by Gasteiger charge is -2.55. The largest absolute Gasteiger partial charge is 0.354 e. The summed E-state index contributed by atoms with van der Waals surface area (Å²) in [5, 5.41) is 0. The highest BCUT2D eigenvalue weighted by molar-refractivity contribution is 6.02. The second kappa shape index (κ2) is 6.40. The second-order valence-electron chi connectivity index (χ2n) is 15.0. The number of imide groups is 2. The van der Waals surface area contributed by atoms with Crippen LogP contribution in [0.4, 0.5) is 0 Å². The molecule has 0 aromatic rings. The van der Waals surface area contributed by atoms with Gasteiger partial charge < -0.3 is 9.47 Å². The minimum Gasteiger partial charge on any atom is -0.354 e. The monoisotopic (exact) mass is 520 g/mol. The summed E-state index contributed by atoms with van der Waals surface area (Å²) >= 11 is 0. The number of nitrogens with zero attached hydrogens (tertiary/aromatic N) is 2. The van der Waals surface area contributed by atoms with E-state index < -0.39 is 12.5 Å². The Balaban J connectivity index is 1.19. The Morgan fingerprint density at radius 1 is 0.553 bits per heavy atom. The van der Waals surface area contributed by atoms with Crippen molar-refractivity contribution in [1.82, 2.24) is 9.80 Å². The molecular formula is C30H36N2O6. The number of carbonyl (C=O) groups excluding carboxylic acids is 4. The van der Waals surface area contributed by atoms with Crippen LogP contribution in [0.2, 0.25) is 0 Å². The Morgan fingerprint density at radius 3 is 1.29 bits per heavy atom. The molecule has 0 aromatic heterocycles. The van der Waals surface area contributed by atoms with Gasteiger partial charge in [-0.05, 0) is 84.9 Å². The third kappa shape index (κ3) is 1.97. The number of ether oxygens (including phenoxy) is 2. The van der Waals surface area contributed by atoms with E-state index in [-0.39, 0.29) is 46.7 Å². The van der Waals surface area contributed by atoms with Gasteiger partial charge in [-0.15, -0.1) is 0 Å². The Kier molecular flexibility index (Phi) is 3.70. The van der Waals surface area contributed by atoms with Crippen LogP contribution in [0.15, 0.2) is 0 Å². The molecule has 0 aromatic carbocycles. The Hall–Kier alpha value is -1.80. The number of carbonyl (C=O) groups is 4. The molecule has 10 rings (SSSR count). The predicted molar refractivity (Wildman–Crippen MR) is 129 cm³/mol. The quantitative estimate of drug-likeness (QED) is 0.520. The molecule has 4 amide bonds. The van der Waals surface area contributed by atoms with E-state index in [9.17, 15) is 19.2 Å². The summed E-state index contributed by atoms with van der Waals surface area (Å²) in [7, 11) is 0. The van der Waals surface area contributed by atoms with Gasteiger partial charge in [-0.1, -0.05) is 13.8 Å². The van der Waals surface area contributed by atoms with Gasteiger partial charge in [0.25, 0.3) is 0 Å². The molecule has 202 valence electrons. The molecule has 4 heterocycles. The van der Waals surface area contributed by atoms with E-state index in [4.69, 9.17) is 9.47 Å². The second-order valence-corrected chi connectivity index (χ2v) is 15.0. The molecule has 4 aliphatic heterocycles. The van der Waals surface area contributed by atoms with Crippen molar-refractivity contribution in [3.05, 3.63) is 0 Å². The Labute approximate surface area is 222 Å². The molecule has 4 saturated heterocycles. The lowest BCUT2D eigenvalue weighted by atomic mass is 9.60. The molecule has 6 saturated carbocycles. The lowest BCUT2D eigenvalue weighted by Crippen LogP contribution is -2.62. The van der Waals surface area contributed by atoms with Gasteiger partial charge >= 0.3 is 0 Å². The van der Waals surface area contributed by atoms with Crippen molar-refractivity contribution < 1.29 is 28.7 Å². The number of fused-ring (bicyclic) bond motifs is 4. The molecule has 0 N–H and O–H groups in total. The van der Waals surface area contributed by atoms with Crippen molar-refractivity contribution in [2.75, 3.05) is 0 Å². The molecule has 16 atom stereocenters. The highest BCUT2D eigenvalue weighted by Crippen LogP contribution is 2.88. The third-order valence-corrected chi connectivity index (χ3v) is 14.5. The van der Waals surface area contributed by atoms with E-state index in [1.807, 2.05) is 0 Å². The maximum absolute atomic E-state index is 13.1. The molecule has 10 aliphatic rings. The zero-order valence-corrected chi connectivity index (χ0v) is 22.1. The lowest BCUT2D eigenvalue weighted by molar-refractivity contribution is -0.241. The summed E-state index contributed by atoms with van der Waals surface area (Å²) in [6.07, 6.45) is 4.59. The predicted octanol–water partition coefficient (Wildman–Crippen LogP) is 2.55. The van der Waals surface area contributed by atoms with Gasteiger partial charge in [-0.25, -0.2) is 0 Å². The fourth-order valence-electron chi connectivity index (χ4n) is 14.2. The molecule has 0 bridgehead atoms. The maximum atomic E-state index is 13.1. The first-order chi connectivity index (χ1) is 18.3. The van der Waals surface area contributed by atoms with Crippen molar-refractivity contribution in [2.24, 2.45) is 70.0 Å². The summed E-state index contributed by atoms with van der Waals surface area (Å²) < 4.78 is 14.0. The highest BCUT2D eigenvalue weighted by Gasteiger charge is 2.88. The van der Waals surface area contributed by atoms with Crippen molar-refractivity contribution in [3.63, 3.8) is 0 Å². The Morgan fingerprint density at radius 2 is 0.921 bits per heavy atom. The topological polar surface area (TPSA) is 93.2 Å². The van der Waals surface area contributed by atoms with E-state index in [2.05, 4.69) is 13.8 Å². The summed E-state index contributed by atoms with van der Waals surface area (Å²) in [6.45, 7) is 4.79. The van der Waals surface area contributed by atoms with Gasteiger partial charge in [-0.2, -0.15) is 0 Å². The van der Waals surface area contributed by atoms with Crippen LogP contribution in [-0.2, 0) is 28.7 Å². The standard InChI is InChI=1S/C30H36N2O6/c1-29-23-11-3-5-14-20(11)26-21(23)22-24(30(26,2)28(38-14)32-17(35)9-10-18(32)36)12-4-6-13(19(12)25(22)29)37-27(29)31-15(33)7-8-16(31)34/h11-14,19-28H,3-10H2,1-2H3/t11-,12-,13+,14+,19-,20-,21-,22+,23-,24-,25-,26-,27-,28+,29-,30-/m1/s1. The van der Waals surface area contributed by atoms with Crippen LogP contribution in [0.25, 0.3) is 0 Å². The number of likely N-dealkylation sites (tertiary alicyclic amines) is 2. The van der Waals surface area contributed by atoms with Crippen LogP contribution in [0.3, 0.4) is 0 Å². The van der Waals surface area contributed by atoms with E-state index in [0.29, 0.717) is 84.9 Å². The minimum absolute atomic E-state index is 0.0557. The first kappa shape index (κ1) is 22.0. The van der Waals surface area contributed by atoms with E-state index >= 15 is 0 Å². The van der Waals surface area contributed by atoms with Crippen LogP contribution in [0.1, 0.15) is 65.2 Å². The van der Waals surface area contributed by atoms with Gasteiger partial charge in [0.05, 0.1) is 12.2 Å². The van der Waals surface area contributed by atoms with Crippen molar-refractivity contribution in [2.45, 2.75) is 89.9 Å². The number of hydrogen-bond acceptors (Lipinski definition) is 6. The zero-order valence-electron chi connectivity index (χ0n) is 22.1. The van der Waals surface area contributed by atoms with E-state index in [0.717, 1.165) is 25.7 Å². The molecule has 10 fully saturated rings. The fraction of sp³-hybridized carbons (Fsp3) is 0.867. The van der Waals surface area contributed by atoms with Crippen LogP contribution in [0.5, 0.6) is 0 Å². The zero-order chi connectivity index (χ0) is 25.6. The molecular weight excluding hydrogens is 484 g/mol. The first-order valence-corrected chi connectivity index (χ1v) is 15.3. The molecule has 8 nitrogen and oxygen atoms in total. The molecule has 8 heteroatoms. The van der Waals surface area contributed by atoms with Crippen LogP contribution in [-0.4, -0.2) is 58.1 Å². The van der Waals surface area contributed by atoms with Gasteiger partial charge in [0.15, 0.2) is 0 Å². The van der Waals surface area contributed by atoms with Crippen molar-refractivity contribution in [3.8, 4) is 0 Å². The van der Waals surface area contributed by atoms with Crippen LogP contribution in [0, 0.1) is 70.0 Å². The van der Waals surface area contributed by atoms with Crippen molar-refractivity contribution >= 4 is 23.6 Å². The summed E-state index contributed by atoms with van der Waals surface area (Å²) in [5.74, 6) is 4.27. The minimum atomic E-state index is -0.451. The molecule has 0 radical (unpaired) electrons. The van der Waals surface area contributed by atoms with E-state index in [1.165, 1.54) is 0 Å². The summed E-state index contributed by atoms with van der Waals surface area (Å²) in [5.41, 5.74) is -0.479. The molecule has 0 spiro atoms. The van der Waals surface area contributed by atoms with Gasteiger partial charge in [0.2, 0.25) is 23.6 Å². The van der Waals surface area contributed by atoms with Crippen LogP contribution >= 0.6 is 0 Å². The van der Waals surface area contributed by atoms with Crippen LogP contribution < -0.4 is 0 Å². The highest BCUT2D eigenvalue weighted by atomic mass is 16.5. The number of rotatable bonds is 2. The normalized spacial score (nSPS) is 62.3. The smallest absolute Gasteiger partial charge is 0.231 e.